The van der Waals surface area contributed by atoms with Crippen LogP contribution in [0, 0.1) is 5.82 Å². The van der Waals surface area contributed by atoms with Gasteiger partial charge in [-0.1, -0.05) is 0 Å². The maximum atomic E-state index is 13.7. The van der Waals surface area contributed by atoms with E-state index in [1.54, 1.807) is 18.5 Å². The molecule has 19 heavy (non-hydrogen) atoms. The summed E-state index contributed by atoms with van der Waals surface area (Å²) >= 11 is 0. The van der Waals surface area contributed by atoms with Crippen LogP contribution in [0.4, 0.5) is 15.9 Å². The van der Waals surface area contributed by atoms with Crippen LogP contribution in [-0.4, -0.2) is 4.98 Å². The van der Waals surface area contributed by atoms with E-state index in [0.29, 0.717) is 28.8 Å². The lowest BCUT2D eigenvalue weighted by Gasteiger charge is -2.10. The molecule has 5 heteroatoms. The number of pyridine rings is 1. The summed E-state index contributed by atoms with van der Waals surface area (Å²) in [6.45, 7) is 0.467. The maximum absolute atomic E-state index is 13.7. The van der Waals surface area contributed by atoms with Gasteiger partial charge in [0.1, 0.15) is 17.4 Å². The van der Waals surface area contributed by atoms with Crippen molar-refractivity contribution in [1.29, 1.82) is 0 Å². The lowest BCUT2D eigenvalue weighted by molar-refractivity contribution is 0.518. The first-order valence-electron chi connectivity index (χ1n) is 5.84. The predicted octanol–water partition coefficient (Wildman–Crippen LogP) is 3.16. The summed E-state index contributed by atoms with van der Waals surface area (Å²) in [4.78, 5) is 4.21. The Morgan fingerprint density at radius 3 is 2.95 bits per heavy atom. The van der Waals surface area contributed by atoms with Crippen LogP contribution in [0.2, 0.25) is 0 Å². The van der Waals surface area contributed by atoms with E-state index in [4.69, 9.17) is 10.2 Å². The van der Waals surface area contributed by atoms with Crippen LogP contribution in [-0.2, 0) is 6.54 Å². The Morgan fingerprint density at radius 2 is 2.16 bits per heavy atom. The van der Waals surface area contributed by atoms with E-state index < -0.39 is 0 Å². The van der Waals surface area contributed by atoms with E-state index in [2.05, 4.69) is 10.3 Å². The van der Waals surface area contributed by atoms with Crippen molar-refractivity contribution in [3.8, 4) is 0 Å². The Morgan fingerprint density at radius 1 is 1.26 bits per heavy atom. The molecule has 3 rings (SSSR count). The fourth-order valence-electron chi connectivity index (χ4n) is 2.01. The second-order valence-electron chi connectivity index (χ2n) is 4.15. The Hall–Kier alpha value is -2.56. The van der Waals surface area contributed by atoms with Gasteiger partial charge >= 0.3 is 0 Å². The average molecular weight is 257 g/mol. The minimum absolute atomic E-state index is 0.312. The highest BCUT2D eigenvalue weighted by atomic mass is 19.1. The number of nitrogens with zero attached hydrogens (tertiary/aromatic N) is 1. The van der Waals surface area contributed by atoms with Gasteiger partial charge in [0.15, 0.2) is 0 Å². The first-order valence-corrected chi connectivity index (χ1v) is 5.84. The summed E-state index contributed by atoms with van der Waals surface area (Å²) in [7, 11) is 0. The standard InChI is InChI=1S/C14H12FN3O/c15-11-3-4-12(16)13-10(11)5-6-17-14(13)18-8-9-2-1-7-19-9/h1-7H,8,16H2,(H,17,18). The SMILES string of the molecule is Nc1ccc(F)c2ccnc(NCc3ccco3)c12. The van der Waals surface area contributed by atoms with Crippen LogP contribution in [0.25, 0.3) is 10.8 Å². The lowest BCUT2D eigenvalue weighted by Crippen LogP contribution is -2.03. The number of nitrogens with one attached hydrogen (secondary N) is 1. The van der Waals surface area contributed by atoms with E-state index in [-0.39, 0.29) is 5.82 Å². The lowest BCUT2D eigenvalue weighted by atomic mass is 10.1. The van der Waals surface area contributed by atoms with Crippen molar-refractivity contribution in [2.45, 2.75) is 6.54 Å². The molecule has 0 atom stereocenters. The van der Waals surface area contributed by atoms with Crippen molar-refractivity contribution in [3.05, 3.63) is 54.4 Å². The third kappa shape index (κ3) is 2.10. The Balaban J connectivity index is 2.01. The van der Waals surface area contributed by atoms with Gasteiger partial charge in [-0.3, -0.25) is 0 Å². The van der Waals surface area contributed by atoms with Crippen molar-refractivity contribution in [1.82, 2.24) is 4.98 Å². The molecular formula is C14H12FN3O. The smallest absolute Gasteiger partial charge is 0.136 e. The Kier molecular flexibility index (Phi) is 2.79. The van der Waals surface area contributed by atoms with Gasteiger partial charge in [-0.05, 0) is 30.3 Å². The topological polar surface area (TPSA) is 64.1 Å². The first kappa shape index (κ1) is 11.5. The summed E-state index contributed by atoms with van der Waals surface area (Å²) < 4.78 is 19.0. The van der Waals surface area contributed by atoms with Crippen molar-refractivity contribution in [3.63, 3.8) is 0 Å². The highest BCUT2D eigenvalue weighted by Gasteiger charge is 2.09. The molecule has 0 amide bonds. The number of hydrogen-bond acceptors (Lipinski definition) is 4. The second-order valence-corrected chi connectivity index (χ2v) is 4.15. The number of aromatic nitrogens is 1. The first-order chi connectivity index (χ1) is 9.25. The van der Waals surface area contributed by atoms with E-state index >= 15 is 0 Å². The number of rotatable bonds is 3. The van der Waals surface area contributed by atoms with Crippen LogP contribution in [0.3, 0.4) is 0 Å². The summed E-state index contributed by atoms with van der Waals surface area (Å²) in [6.07, 6.45) is 3.15. The third-order valence-corrected chi connectivity index (χ3v) is 2.92. The van der Waals surface area contributed by atoms with E-state index in [0.717, 1.165) is 5.76 Å². The number of furan rings is 1. The van der Waals surface area contributed by atoms with Crippen LogP contribution in [0.1, 0.15) is 5.76 Å². The summed E-state index contributed by atoms with van der Waals surface area (Å²) in [5.41, 5.74) is 6.40. The van der Waals surface area contributed by atoms with E-state index in [9.17, 15) is 4.39 Å². The van der Waals surface area contributed by atoms with Crippen LogP contribution in [0.5, 0.6) is 0 Å². The van der Waals surface area contributed by atoms with Gasteiger partial charge in [0, 0.05) is 17.3 Å². The molecule has 0 radical (unpaired) electrons. The van der Waals surface area contributed by atoms with Crippen molar-refractivity contribution in [2.24, 2.45) is 0 Å². The fourth-order valence-corrected chi connectivity index (χ4v) is 2.01. The number of hydrogen-bond donors (Lipinski definition) is 2. The van der Waals surface area contributed by atoms with Gasteiger partial charge < -0.3 is 15.5 Å². The van der Waals surface area contributed by atoms with Crippen molar-refractivity contribution >= 4 is 22.3 Å². The molecule has 4 nitrogen and oxygen atoms in total. The third-order valence-electron chi connectivity index (χ3n) is 2.92. The molecule has 2 heterocycles. The summed E-state index contributed by atoms with van der Waals surface area (Å²) in [5, 5.41) is 4.15. The molecular weight excluding hydrogens is 245 g/mol. The monoisotopic (exact) mass is 257 g/mol. The predicted molar refractivity (Wildman–Crippen MR) is 72.1 cm³/mol. The van der Waals surface area contributed by atoms with Crippen LogP contribution in [0.15, 0.2) is 47.2 Å². The molecule has 3 N–H and O–H groups in total. The van der Waals surface area contributed by atoms with Gasteiger partial charge in [-0.15, -0.1) is 0 Å². The van der Waals surface area contributed by atoms with E-state index in [1.165, 1.54) is 12.1 Å². The normalized spacial score (nSPS) is 10.8. The quantitative estimate of drug-likeness (QED) is 0.707. The molecule has 1 aromatic carbocycles. The van der Waals surface area contributed by atoms with Crippen LogP contribution < -0.4 is 11.1 Å². The molecule has 0 aliphatic carbocycles. The Bertz CT molecular complexity index is 710. The molecule has 0 unspecified atom stereocenters. The largest absolute Gasteiger partial charge is 0.467 e. The molecule has 0 saturated carbocycles. The zero-order valence-electron chi connectivity index (χ0n) is 10.1. The second kappa shape index (κ2) is 4.61. The summed E-state index contributed by atoms with van der Waals surface area (Å²) in [5.74, 6) is 1.01. The molecule has 2 aromatic heterocycles. The molecule has 3 aromatic rings. The molecule has 0 bridgehead atoms. The molecule has 0 saturated heterocycles. The van der Waals surface area contributed by atoms with Gasteiger partial charge in [0.05, 0.1) is 18.2 Å². The molecule has 0 aliphatic heterocycles. The minimum Gasteiger partial charge on any atom is -0.467 e. The molecule has 96 valence electrons. The molecule has 0 fully saturated rings. The van der Waals surface area contributed by atoms with Crippen molar-refractivity contribution < 1.29 is 8.81 Å². The molecule has 0 spiro atoms. The van der Waals surface area contributed by atoms with Gasteiger partial charge in [0.25, 0.3) is 0 Å². The molecule has 0 aliphatic rings. The number of anilines is 2. The Labute approximate surface area is 109 Å². The zero-order chi connectivity index (χ0) is 13.2. The highest BCUT2D eigenvalue weighted by Crippen LogP contribution is 2.29. The number of halogens is 1. The number of nitrogen functional groups attached to an aromatic ring is 1. The maximum Gasteiger partial charge on any atom is 0.136 e. The number of benzene rings is 1. The fraction of sp³-hybridized carbons (Fsp3) is 0.0714. The van der Waals surface area contributed by atoms with Gasteiger partial charge in [-0.2, -0.15) is 0 Å². The summed E-state index contributed by atoms with van der Waals surface area (Å²) in [6, 6.07) is 8.16. The zero-order valence-corrected chi connectivity index (χ0v) is 10.1. The van der Waals surface area contributed by atoms with E-state index in [1.807, 2.05) is 12.1 Å². The number of nitrogens with two attached hydrogens (primary N) is 1. The van der Waals surface area contributed by atoms with Crippen LogP contribution >= 0.6 is 0 Å². The van der Waals surface area contributed by atoms with Gasteiger partial charge in [-0.25, -0.2) is 9.37 Å². The average Bonchev–Trinajstić information content (AvgIpc) is 2.94. The minimum atomic E-state index is -0.312. The number of fused-ring (bicyclic) bond motifs is 1. The highest BCUT2D eigenvalue weighted by molar-refractivity contribution is 6.00. The van der Waals surface area contributed by atoms with Gasteiger partial charge in [0.2, 0.25) is 0 Å². The van der Waals surface area contributed by atoms with Crippen molar-refractivity contribution in [2.75, 3.05) is 11.1 Å².